The number of hydrogen-bond acceptors (Lipinski definition) is 5. The maximum Gasteiger partial charge on any atom is 0.233 e. The fourth-order valence-corrected chi connectivity index (χ4v) is 4.49. The Morgan fingerprint density at radius 1 is 1.26 bits per heavy atom. The predicted octanol–water partition coefficient (Wildman–Crippen LogP) is 3.77. The average molecular weight is 348 g/mol. The van der Waals surface area contributed by atoms with E-state index in [0.29, 0.717) is 0 Å². The van der Waals surface area contributed by atoms with Gasteiger partial charge in [-0.15, -0.1) is 10.2 Å². The van der Waals surface area contributed by atoms with Crippen LogP contribution in [-0.4, -0.2) is 21.4 Å². The topological polar surface area (TPSA) is 54.9 Å². The SMILES string of the molecule is C[C@@H](Sc1nncs1)C(=O)N[C@H](C)c1ccc2c(c1)CCCC2. The molecule has 0 unspecified atom stereocenters. The molecule has 0 radical (unpaired) electrons. The summed E-state index contributed by atoms with van der Waals surface area (Å²) in [6.45, 7) is 3.95. The van der Waals surface area contributed by atoms with Gasteiger partial charge in [0.15, 0.2) is 4.34 Å². The molecule has 1 aliphatic carbocycles. The van der Waals surface area contributed by atoms with Gasteiger partial charge >= 0.3 is 0 Å². The van der Waals surface area contributed by atoms with Gasteiger partial charge in [-0.2, -0.15) is 0 Å². The van der Waals surface area contributed by atoms with Gasteiger partial charge in [0.05, 0.1) is 11.3 Å². The summed E-state index contributed by atoms with van der Waals surface area (Å²) < 4.78 is 0.828. The van der Waals surface area contributed by atoms with Gasteiger partial charge < -0.3 is 5.32 Å². The summed E-state index contributed by atoms with van der Waals surface area (Å²) >= 11 is 2.91. The molecule has 4 nitrogen and oxygen atoms in total. The molecule has 1 aliphatic rings. The highest BCUT2D eigenvalue weighted by atomic mass is 32.2. The smallest absolute Gasteiger partial charge is 0.233 e. The van der Waals surface area contributed by atoms with E-state index in [0.717, 1.165) is 10.8 Å². The lowest BCUT2D eigenvalue weighted by Gasteiger charge is -2.21. The van der Waals surface area contributed by atoms with Crippen molar-refractivity contribution in [2.45, 2.75) is 55.2 Å². The van der Waals surface area contributed by atoms with Gasteiger partial charge in [0.2, 0.25) is 5.91 Å². The van der Waals surface area contributed by atoms with Crippen LogP contribution in [0.25, 0.3) is 0 Å². The van der Waals surface area contributed by atoms with Crippen molar-refractivity contribution in [1.82, 2.24) is 15.5 Å². The summed E-state index contributed by atoms with van der Waals surface area (Å²) in [5, 5.41) is 10.7. The van der Waals surface area contributed by atoms with E-state index in [1.807, 2.05) is 13.8 Å². The number of thioether (sulfide) groups is 1. The third-order valence-electron chi connectivity index (χ3n) is 4.22. The average Bonchev–Trinajstić information content (AvgIpc) is 3.07. The first-order chi connectivity index (χ1) is 11.1. The van der Waals surface area contributed by atoms with Crippen molar-refractivity contribution >= 4 is 29.0 Å². The molecule has 2 aromatic rings. The van der Waals surface area contributed by atoms with E-state index in [1.54, 1.807) is 5.51 Å². The molecular weight excluding hydrogens is 326 g/mol. The summed E-state index contributed by atoms with van der Waals surface area (Å²) in [5.74, 6) is 0.0374. The minimum absolute atomic E-state index is 0.0206. The van der Waals surface area contributed by atoms with E-state index in [9.17, 15) is 4.79 Å². The predicted molar refractivity (Wildman–Crippen MR) is 94.9 cm³/mol. The molecule has 2 atom stereocenters. The monoisotopic (exact) mass is 347 g/mol. The van der Waals surface area contributed by atoms with Crippen LogP contribution in [0.2, 0.25) is 0 Å². The van der Waals surface area contributed by atoms with Crippen LogP contribution in [-0.2, 0) is 17.6 Å². The third kappa shape index (κ3) is 4.12. The van der Waals surface area contributed by atoms with E-state index in [1.165, 1.54) is 59.1 Å². The van der Waals surface area contributed by atoms with E-state index >= 15 is 0 Å². The number of fused-ring (bicyclic) bond motifs is 1. The van der Waals surface area contributed by atoms with Gasteiger partial charge in [0.1, 0.15) is 5.51 Å². The van der Waals surface area contributed by atoms with Crippen LogP contribution in [0.3, 0.4) is 0 Å². The van der Waals surface area contributed by atoms with Crippen molar-refractivity contribution in [3.05, 3.63) is 40.4 Å². The van der Waals surface area contributed by atoms with E-state index in [-0.39, 0.29) is 17.2 Å². The second-order valence-corrected chi connectivity index (χ2v) is 8.35. The summed E-state index contributed by atoms with van der Waals surface area (Å²) in [5.41, 5.74) is 5.79. The third-order valence-corrected chi connectivity index (χ3v) is 6.13. The molecule has 3 rings (SSSR count). The molecule has 1 aromatic heterocycles. The molecular formula is C17H21N3OS2. The van der Waals surface area contributed by atoms with Crippen LogP contribution < -0.4 is 5.32 Å². The van der Waals surface area contributed by atoms with Gasteiger partial charge in [0.25, 0.3) is 0 Å². The number of nitrogens with one attached hydrogen (secondary N) is 1. The number of benzene rings is 1. The number of aryl methyl sites for hydroxylation is 2. The molecule has 0 saturated carbocycles. The number of carbonyl (C=O) groups excluding carboxylic acids is 1. The number of rotatable bonds is 5. The number of aromatic nitrogens is 2. The van der Waals surface area contributed by atoms with Gasteiger partial charge in [-0.3, -0.25) is 4.79 Å². The quantitative estimate of drug-likeness (QED) is 0.837. The van der Waals surface area contributed by atoms with E-state index < -0.39 is 0 Å². The summed E-state index contributed by atoms with van der Waals surface area (Å²) in [4.78, 5) is 12.4. The molecule has 0 aliphatic heterocycles. The van der Waals surface area contributed by atoms with Crippen LogP contribution in [0.15, 0.2) is 28.0 Å². The standard InChI is InChI=1S/C17H21N3OS2/c1-11(14-8-7-13-5-3-4-6-15(13)9-14)19-16(21)12(2)23-17-20-18-10-22-17/h7-12H,3-6H2,1-2H3,(H,19,21)/t11-,12-/m1/s1. The zero-order valence-electron chi connectivity index (χ0n) is 13.4. The van der Waals surface area contributed by atoms with E-state index in [4.69, 9.17) is 0 Å². The Balaban J connectivity index is 1.61. The number of carbonyl (C=O) groups is 1. The molecule has 6 heteroatoms. The Morgan fingerprint density at radius 2 is 2.04 bits per heavy atom. The summed E-state index contributed by atoms with van der Waals surface area (Å²) in [6, 6.07) is 6.66. The van der Waals surface area contributed by atoms with Crippen molar-refractivity contribution in [3.8, 4) is 0 Å². The number of amides is 1. The largest absolute Gasteiger partial charge is 0.349 e. The summed E-state index contributed by atoms with van der Waals surface area (Å²) in [6.07, 6.45) is 4.91. The molecule has 1 amide bonds. The lowest BCUT2D eigenvalue weighted by atomic mass is 9.89. The highest BCUT2D eigenvalue weighted by Gasteiger charge is 2.19. The minimum atomic E-state index is -0.178. The maximum atomic E-state index is 12.4. The fourth-order valence-electron chi connectivity index (χ4n) is 2.86. The molecule has 23 heavy (non-hydrogen) atoms. The van der Waals surface area contributed by atoms with Crippen LogP contribution in [0.5, 0.6) is 0 Å². The second kappa shape index (κ2) is 7.45. The number of hydrogen-bond donors (Lipinski definition) is 1. The molecule has 1 N–H and O–H groups in total. The maximum absolute atomic E-state index is 12.4. The normalized spacial score (nSPS) is 16.4. The number of nitrogens with zero attached hydrogens (tertiary/aromatic N) is 2. The van der Waals surface area contributed by atoms with Gasteiger partial charge in [-0.05, 0) is 56.2 Å². The molecule has 0 saturated heterocycles. The molecule has 0 spiro atoms. The van der Waals surface area contributed by atoms with Gasteiger partial charge in [0, 0.05) is 0 Å². The molecule has 122 valence electrons. The van der Waals surface area contributed by atoms with Crippen molar-refractivity contribution in [2.24, 2.45) is 0 Å². The lowest BCUT2D eigenvalue weighted by Crippen LogP contribution is -2.33. The van der Waals surface area contributed by atoms with E-state index in [2.05, 4.69) is 33.7 Å². The Bertz CT molecular complexity index is 672. The zero-order chi connectivity index (χ0) is 16.2. The van der Waals surface area contributed by atoms with Crippen LogP contribution >= 0.6 is 23.1 Å². The lowest BCUT2D eigenvalue weighted by molar-refractivity contribution is -0.120. The molecule has 0 fully saturated rings. The first kappa shape index (κ1) is 16.5. The first-order valence-corrected chi connectivity index (χ1v) is 9.74. The van der Waals surface area contributed by atoms with Crippen LogP contribution in [0.1, 0.15) is 49.4 Å². The highest BCUT2D eigenvalue weighted by molar-refractivity contribution is 8.02. The van der Waals surface area contributed by atoms with Crippen molar-refractivity contribution in [1.29, 1.82) is 0 Å². The molecule has 1 aromatic carbocycles. The van der Waals surface area contributed by atoms with Crippen LogP contribution in [0, 0.1) is 0 Å². The van der Waals surface area contributed by atoms with Crippen molar-refractivity contribution in [3.63, 3.8) is 0 Å². The summed E-state index contributed by atoms with van der Waals surface area (Å²) in [7, 11) is 0. The Morgan fingerprint density at radius 3 is 2.78 bits per heavy atom. The van der Waals surface area contributed by atoms with Gasteiger partial charge in [-0.1, -0.05) is 41.3 Å². The Kier molecular flexibility index (Phi) is 5.33. The molecule has 1 heterocycles. The zero-order valence-corrected chi connectivity index (χ0v) is 15.0. The molecule has 0 bridgehead atoms. The first-order valence-electron chi connectivity index (χ1n) is 7.98. The Hall–Kier alpha value is -1.40. The van der Waals surface area contributed by atoms with Crippen LogP contribution in [0.4, 0.5) is 0 Å². The minimum Gasteiger partial charge on any atom is -0.349 e. The Labute approximate surface area is 145 Å². The van der Waals surface area contributed by atoms with Crippen molar-refractivity contribution < 1.29 is 4.79 Å². The highest BCUT2D eigenvalue weighted by Crippen LogP contribution is 2.27. The second-order valence-electron chi connectivity index (χ2n) is 5.93. The fraction of sp³-hybridized carbons (Fsp3) is 0.471. The van der Waals surface area contributed by atoms with Crippen molar-refractivity contribution in [2.75, 3.05) is 0 Å². The van der Waals surface area contributed by atoms with Gasteiger partial charge in [-0.25, -0.2) is 0 Å².